The number of carbonyl (C=O) groups is 1. The van der Waals surface area contributed by atoms with Gasteiger partial charge in [0.2, 0.25) is 5.91 Å². The maximum Gasteiger partial charge on any atom is 0.221 e. The third-order valence-corrected chi connectivity index (χ3v) is 9.88. The van der Waals surface area contributed by atoms with Crippen molar-refractivity contribution in [2.75, 3.05) is 0 Å². The highest BCUT2D eigenvalue weighted by molar-refractivity contribution is 5.78. The average Bonchev–Trinajstić information content (AvgIpc) is 2.93. The second-order valence-electron chi connectivity index (χ2n) is 10.9. The highest BCUT2D eigenvalue weighted by Crippen LogP contribution is 2.68. The predicted octanol–water partition coefficient (Wildman–Crippen LogP) is 4.66. The van der Waals surface area contributed by atoms with Crippen molar-refractivity contribution in [2.45, 2.75) is 97.0 Å². The van der Waals surface area contributed by atoms with Crippen LogP contribution in [-0.2, 0) is 4.79 Å². The van der Waals surface area contributed by atoms with E-state index in [1.54, 1.807) is 0 Å². The van der Waals surface area contributed by atoms with Gasteiger partial charge in [-0.1, -0.05) is 27.2 Å². The lowest BCUT2D eigenvalue weighted by Crippen LogP contribution is -2.56. The maximum absolute atomic E-state index is 12.0. The Morgan fingerprint density at radius 2 is 1.73 bits per heavy atom. The smallest absolute Gasteiger partial charge is 0.221 e. The molecule has 4 rings (SSSR count). The summed E-state index contributed by atoms with van der Waals surface area (Å²) in [5.41, 5.74) is 5.92. The lowest BCUT2D eigenvalue weighted by molar-refractivity contribution is -0.155. The SMILES string of the molecule is CCC[C@@]1(O)CC[C@@]2(C)[C@H](CC[C@@H]3[C@@H]2CC[C@]2(C)[C@@H](C(N)=O)CC[C@@H]32)C1. The molecular formula is C23H39NO2. The van der Waals surface area contributed by atoms with E-state index >= 15 is 0 Å². The molecule has 4 saturated carbocycles. The van der Waals surface area contributed by atoms with Gasteiger partial charge in [0.15, 0.2) is 0 Å². The van der Waals surface area contributed by atoms with Crippen molar-refractivity contribution in [1.82, 2.24) is 0 Å². The van der Waals surface area contributed by atoms with Gasteiger partial charge in [0.25, 0.3) is 0 Å². The van der Waals surface area contributed by atoms with Crippen molar-refractivity contribution in [2.24, 2.45) is 46.2 Å². The zero-order valence-corrected chi connectivity index (χ0v) is 17.1. The van der Waals surface area contributed by atoms with Gasteiger partial charge in [0.1, 0.15) is 0 Å². The molecule has 3 heteroatoms. The van der Waals surface area contributed by atoms with E-state index in [2.05, 4.69) is 20.8 Å². The van der Waals surface area contributed by atoms with Crippen molar-refractivity contribution < 1.29 is 9.90 Å². The van der Waals surface area contributed by atoms with Crippen LogP contribution in [0, 0.1) is 40.4 Å². The molecule has 0 unspecified atom stereocenters. The molecule has 0 aromatic rings. The van der Waals surface area contributed by atoms with E-state index in [0.717, 1.165) is 43.9 Å². The summed E-state index contributed by atoms with van der Waals surface area (Å²) in [6.45, 7) is 7.11. The number of hydrogen-bond donors (Lipinski definition) is 2. The first-order chi connectivity index (χ1) is 12.2. The number of primary amides is 1. The summed E-state index contributed by atoms with van der Waals surface area (Å²) in [4.78, 5) is 12.0. The van der Waals surface area contributed by atoms with Gasteiger partial charge in [0.05, 0.1) is 5.60 Å². The van der Waals surface area contributed by atoms with E-state index in [4.69, 9.17) is 5.73 Å². The van der Waals surface area contributed by atoms with E-state index in [1.807, 2.05) is 0 Å². The Hall–Kier alpha value is -0.570. The number of rotatable bonds is 3. The van der Waals surface area contributed by atoms with Crippen molar-refractivity contribution in [1.29, 1.82) is 0 Å². The summed E-state index contributed by atoms with van der Waals surface area (Å²) >= 11 is 0. The second kappa shape index (κ2) is 6.22. The van der Waals surface area contributed by atoms with Crippen LogP contribution in [0.15, 0.2) is 0 Å². The molecular weight excluding hydrogens is 322 g/mol. The fraction of sp³-hybridized carbons (Fsp3) is 0.957. The number of aliphatic hydroxyl groups is 1. The molecule has 26 heavy (non-hydrogen) atoms. The van der Waals surface area contributed by atoms with Gasteiger partial charge in [-0.2, -0.15) is 0 Å². The topological polar surface area (TPSA) is 63.3 Å². The summed E-state index contributed by atoms with van der Waals surface area (Å²) in [6.07, 6.45) is 12.5. The van der Waals surface area contributed by atoms with E-state index in [-0.39, 0.29) is 17.2 Å². The van der Waals surface area contributed by atoms with E-state index in [0.29, 0.717) is 17.3 Å². The Labute approximate surface area is 159 Å². The zero-order valence-electron chi connectivity index (χ0n) is 17.1. The van der Waals surface area contributed by atoms with Crippen molar-refractivity contribution in [3.05, 3.63) is 0 Å². The maximum atomic E-state index is 12.0. The Kier molecular flexibility index (Phi) is 4.49. The summed E-state index contributed by atoms with van der Waals surface area (Å²) in [5.74, 6) is 2.98. The van der Waals surface area contributed by atoms with E-state index < -0.39 is 5.60 Å². The number of amides is 1. The van der Waals surface area contributed by atoms with E-state index in [1.165, 1.54) is 38.5 Å². The molecule has 0 heterocycles. The normalized spacial score (nSPS) is 53.5. The minimum Gasteiger partial charge on any atom is -0.390 e. The van der Waals surface area contributed by atoms with Crippen LogP contribution >= 0.6 is 0 Å². The minimum absolute atomic E-state index is 0.0596. The van der Waals surface area contributed by atoms with Gasteiger partial charge in [-0.05, 0) is 98.7 Å². The van der Waals surface area contributed by atoms with Crippen LogP contribution in [0.25, 0.3) is 0 Å². The third kappa shape index (κ3) is 2.59. The Morgan fingerprint density at radius 3 is 2.42 bits per heavy atom. The largest absolute Gasteiger partial charge is 0.390 e. The van der Waals surface area contributed by atoms with Crippen LogP contribution in [0.2, 0.25) is 0 Å². The first kappa shape index (κ1) is 18.8. The lowest BCUT2D eigenvalue weighted by Gasteiger charge is -2.62. The van der Waals surface area contributed by atoms with Gasteiger partial charge in [-0.3, -0.25) is 4.79 Å². The number of nitrogens with two attached hydrogens (primary N) is 1. The van der Waals surface area contributed by atoms with Crippen LogP contribution in [0.3, 0.4) is 0 Å². The number of carbonyl (C=O) groups excluding carboxylic acids is 1. The molecule has 3 N–H and O–H groups in total. The predicted molar refractivity (Wildman–Crippen MR) is 104 cm³/mol. The molecule has 4 fully saturated rings. The Morgan fingerprint density at radius 1 is 1.00 bits per heavy atom. The Bertz CT molecular complexity index is 577. The molecule has 0 radical (unpaired) electrons. The summed E-state index contributed by atoms with van der Waals surface area (Å²) in [5, 5.41) is 11.1. The van der Waals surface area contributed by atoms with Crippen LogP contribution in [0.1, 0.15) is 91.4 Å². The Balaban J connectivity index is 1.56. The molecule has 0 bridgehead atoms. The van der Waals surface area contributed by atoms with Crippen molar-refractivity contribution in [3.8, 4) is 0 Å². The highest BCUT2D eigenvalue weighted by atomic mass is 16.3. The van der Waals surface area contributed by atoms with Crippen LogP contribution in [0.4, 0.5) is 0 Å². The minimum atomic E-state index is -0.403. The fourth-order valence-corrected chi connectivity index (χ4v) is 8.48. The molecule has 0 aromatic heterocycles. The van der Waals surface area contributed by atoms with Gasteiger partial charge in [0, 0.05) is 5.92 Å². The van der Waals surface area contributed by atoms with Crippen LogP contribution < -0.4 is 5.73 Å². The van der Waals surface area contributed by atoms with Crippen LogP contribution in [-0.4, -0.2) is 16.6 Å². The monoisotopic (exact) mass is 361 g/mol. The first-order valence-electron chi connectivity index (χ1n) is 11.3. The summed E-state index contributed by atoms with van der Waals surface area (Å²) in [7, 11) is 0. The van der Waals surface area contributed by atoms with E-state index in [9.17, 15) is 9.90 Å². The number of fused-ring (bicyclic) bond motifs is 5. The summed E-state index contributed by atoms with van der Waals surface area (Å²) in [6, 6.07) is 0. The average molecular weight is 362 g/mol. The molecule has 4 aliphatic carbocycles. The fourth-order valence-electron chi connectivity index (χ4n) is 8.48. The van der Waals surface area contributed by atoms with Gasteiger partial charge < -0.3 is 10.8 Å². The zero-order chi connectivity index (χ0) is 18.7. The van der Waals surface area contributed by atoms with Crippen molar-refractivity contribution >= 4 is 5.91 Å². The number of hydrogen-bond acceptors (Lipinski definition) is 2. The molecule has 0 aromatic carbocycles. The van der Waals surface area contributed by atoms with Gasteiger partial charge >= 0.3 is 0 Å². The molecule has 1 amide bonds. The molecule has 148 valence electrons. The standard InChI is InChI=1S/C23H39NO2/c1-4-10-23(26)13-12-21(2)15(14-23)5-6-16-17-7-8-19(20(24)25)22(17,3)11-9-18(16)21/h15-19,26H,4-14H2,1-3H3,(H2,24,25)/t15-,16+,17+,18+,19-,21+,22+,23-/m1/s1. The van der Waals surface area contributed by atoms with Crippen LogP contribution in [0.5, 0.6) is 0 Å². The molecule has 0 spiro atoms. The summed E-state index contributed by atoms with van der Waals surface area (Å²) < 4.78 is 0. The van der Waals surface area contributed by atoms with Gasteiger partial charge in [-0.15, -0.1) is 0 Å². The lowest BCUT2D eigenvalue weighted by atomic mass is 9.43. The molecule has 0 saturated heterocycles. The first-order valence-corrected chi connectivity index (χ1v) is 11.3. The molecule has 8 atom stereocenters. The van der Waals surface area contributed by atoms with Gasteiger partial charge in [-0.25, -0.2) is 0 Å². The highest BCUT2D eigenvalue weighted by Gasteiger charge is 2.61. The third-order valence-electron chi connectivity index (χ3n) is 9.88. The molecule has 4 aliphatic rings. The second-order valence-corrected chi connectivity index (χ2v) is 10.9. The molecule has 3 nitrogen and oxygen atoms in total. The quantitative estimate of drug-likeness (QED) is 0.768. The molecule has 0 aliphatic heterocycles. The van der Waals surface area contributed by atoms with Crippen molar-refractivity contribution in [3.63, 3.8) is 0 Å².